The van der Waals surface area contributed by atoms with Gasteiger partial charge in [-0.2, -0.15) is 0 Å². The average Bonchev–Trinajstić information content (AvgIpc) is 2.23. The Balaban J connectivity index is 2.40. The summed E-state index contributed by atoms with van der Waals surface area (Å²) in [7, 11) is 4.15. The highest BCUT2D eigenvalue weighted by atomic mass is 79.9. The van der Waals surface area contributed by atoms with Crippen LogP contribution in [0.15, 0.2) is 22.7 Å². The van der Waals surface area contributed by atoms with E-state index in [1.54, 1.807) is 6.07 Å². The smallest absolute Gasteiger partial charge is 0.129 e. The summed E-state index contributed by atoms with van der Waals surface area (Å²) in [5.74, 6) is 0.283. The molecule has 16 heavy (non-hydrogen) atoms. The third kappa shape index (κ3) is 4.12. The molecule has 1 unspecified atom stereocenters. The fraction of sp³-hybridized carbons (Fsp3) is 0.500. The molecule has 0 fully saturated rings. The highest BCUT2D eigenvalue weighted by molar-refractivity contribution is 9.10. The van der Waals surface area contributed by atoms with Gasteiger partial charge >= 0.3 is 0 Å². The molecule has 1 atom stereocenters. The molecule has 0 aliphatic carbocycles. The number of phenolic OH excluding ortho intramolecular Hbond substituents is 1. The number of benzene rings is 1. The molecule has 1 aromatic rings. The zero-order chi connectivity index (χ0) is 12.1. The van der Waals surface area contributed by atoms with Gasteiger partial charge in [0.25, 0.3) is 0 Å². The minimum Gasteiger partial charge on any atom is -0.507 e. The van der Waals surface area contributed by atoms with Gasteiger partial charge in [0, 0.05) is 19.1 Å². The second-order valence-corrected chi connectivity index (χ2v) is 5.08. The first-order chi connectivity index (χ1) is 7.50. The van der Waals surface area contributed by atoms with Crippen molar-refractivity contribution in [2.45, 2.75) is 19.5 Å². The Hall–Kier alpha value is -0.580. The number of nitrogens with one attached hydrogen (secondary N) is 1. The minimum atomic E-state index is 0.283. The van der Waals surface area contributed by atoms with Crippen LogP contribution in [-0.2, 0) is 6.54 Å². The number of nitrogens with zero attached hydrogens (tertiary/aromatic N) is 1. The maximum atomic E-state index is 9.36. The molecule has 0 bridgehead atoms. The monoisotopic (exact) mass is 286 g/mol. The van der Waals surface area contributed by atoms with Crippen LogP contribution in [0.4, 0.5) is 0 Å². The molecule has 0 saturated heterocycles. The van der Waals surface area contributed by atoms with E-state index >= 15 is 0 Å². The van der Waals surface area contributed by atoms with Crippen LogP contribution >= 0.6 is 15.9 Å². The Morgan fingerprint density at radius 1 is 1.44 bits per heavy atom. The van der Waals surface area contributed by atoms with Crippen molar-refractivity contribution in [1.82, 2.24) is 10.2 Å². The lowest BCUT2D eigenvalue weighted by atomic mass is 10.2. The molecular formula is C12H19BrN2O. The van der Waals surface area contributed by atoms with Crippen LogP contribution < -0.4 is 5.32 Å². The number of hydrogen-bond donors (Lipinski definition) is 2. The molecule has 1 rings (SSSR count). The van der Waals surface area contributed by atoms with Gasteiger partial charge in [-0.15, -0.1) is 0 Å². The van der Waals surface area contributed by atoms with Crippen molar-refractivity contribution in [2.75, 3.05) is 20.6 Å². The van der Waals surface area contributed by atoms with Crippen molar-refractivity contribution in [3.8, 4) is 5.75 Å². The summed E-state index contributed by atoms with van der Waals surface area (Å²) >= 11 is 3.30. The molecule has 0 saturated carbocycles. The van der Waals surface area contributed by atoms with Gasteiger partial charge in [0.05, 0.1) is 4.47 Å². The van der Waals surface area contributed by atoms with Crippen molar-refractivity contribution >= 4 is 15.9 Å². The quantitative estimate of drug-likeness (QED) is 0.871. The summed E-state index contributed by atoms with van der Waals surface area (Å²) in [6.07, 6.45) is 0. The van der Waals surface area contributed by atoms with Gasteiger partial charge in [-0.05, 0) is 54.6 Å². The van der Waals surface area contributed by atoms with Gasteiger partial charge in [-0.25, -0.2) is 0 Å². The molecular weight excluding hydrogens is 268 g/mol. The number of likely N-dealkylation sites (N-methyl/N-ethyl adjacent to an activating group) is 1. The second kappa shape index (κ2) is 6.23. The van der Waals surface area contributed by atoms with Gasteiger partial charge in [0.15, 0.2) is 0 Å². The van der Waals surface area contributed by atoms with E-state index in [4.69, 9.17) is 0 Å². The zero-order valence-electron chi connectivity index (χ0n) is 10.00. The molecule has 0 spiro atoms. The third-order valence-electron chi connectivity index (χ3n) is 2.66. The zero-order valence-corrected chi connectivity index (χ0v) is 11.6. The summed E-state index contributed by atoms with van der Waals surface area (Å²) in [5.41, 5.74) is 1.16. The van der Waals surface area contributed by atoms with Gasteiger partial charge in [-0.3, -0.25) is 0 Å². The van der Waals surface area contributed by atoms with Crippen molar-refractivity contribution < 1.29 is 5.11 Å². The van der Waals surface area contributed by atoms with Crippen LogP contribution in [0.5, 0.6) is 5.75 Å². The highest BCUT2D eigenvalue weighted by Crippen LogP contribution is 2.24. The van der Waals surface area contributed by atoms with Crippen LogP contribution in [0.1, 0.15) is 12.5 Å². The number of phenols is 1. The third-order valence-corrected chi connectivity index (χ3v) is 3.30. The van der Waals surface area contributed by atoms with Gasteiger partial charge < -0.3 is 15.3 Å². The van der Waals surface area contributed by atoms with Gasteiger partial charge in [-0.1, -0.05) is 6.07 Å². The van der Waals surface area contributed by atoms with E-state index in [1.165, 1.54) is 0 Å². The Morgan fingerprint density at radius 3 is 2.69 bits per heavy atom. The first-order valence-corrected chi connectivity index (χ1v) is 6.14. The van der Waals surface area contributed by atoms with Crippen molar-refractivity contribution in [1.29, 1.82) is 0 Å². The van der Waals surface area contributed by atoms with Gasteiger partial charge in [0.2, 0.25) is 0 Å². The first-order valence-electron chi connectivity index (χ1n) is 5.35. The molecule has 3 nitrogen and oxygen atoms in total. The number of rotatable bonds is 5. The van der Waals surface area contributed by atoms with Crippen molar-refractivity contribution in [2.24, 2.45) is 0 Å². The Morgan fingerprint density at radius 2 is 2.12 bits per heavy atom. The lowest BCUT2D eigenvalue weighted by Crippen LogP contribution is -2.35. The molecule has 0 radical (unpaired) electrons. The summed E-state index contributed by atoms with van der Waals surface area (Å²) < 4.78 is 0.743. The molecule has 0 heterocycles. The maximum absolute atomic E-state index is 9.36. The molecule has 1 aromatic carbocycles. The normalized spacial score (nSPS) is 13.1. The Labute approximate surface area is 106 Å². The number of halogens is 1. The highest BCUT2D eigenvalue weighted by Gasteiger charge is 2.04. The van der Waals surface area contributed by atoms with E-state index in [0.29, 0.717) is 6.04 Å². The first kappa shape index (κ1) is 13.5. The fourth-order valence-corrected chi connectivity index (χ4v) is 1.69. The predicted molar refractivity (Wildman–Crippen MR) is 70.7 cm³/mol. The molecule has 0 aliphatic heterocycles. The minimum absolute atomic E-state index is 0.283. The molecule has 0 aromatic heterocycles. The van der Waals surface area contributed by atoms with Gasteiger partial charge in [0.1, 0.15) is 5.75 Å². The summed E-state index contributed by atoms with van der Waals surface area (Å²) in [6, 6.07) is 6.08. The van der Waals surface area contributed by atoms with E-state index in [9.17, 15) is 5.11 Å². The lowest BCUT2D eigenvalue weighted by Gasteiger charge is -2.20. The van der Waals surface area contributed by atoms with E-state index in [0.717, 1.165) is 23.1 Å². The Kier molecular flexibility index (Phi) is 5.25. The van der Waals surface area contributed by atoms with Crippen LogP contribution in [0.3, 0.4) is 0 Å². The largest absolute Gasteiger partial charge is 0.507 e. The molecule has 0 aliphatic rings. The van der Waals surface area contributed by atoms with Crippen LogP contribution in [0.2, 0.25) is 0 Å². The molecule has 4 heteroatoms. The average molecular weight is 287 g/mol. The lowest BCUT2D eigenvalue weighted by molar-refractivity contribution is 0.302. The summed E-state index contributed by atoms with van der Waals surface area (Å²) in [4.78, 5) is 2.18. The van der Waals surface area contributed by atoms with Crippen molar-refractivity contribution in [3.05, 3.63) is 28.2 Å². The maximum Gasteiger partial charge on any atom is 0.129 e. The van der Waals surface area contributed by atoms with Crippen LogP contribution in [-0.4, -0.2) is 36.7 Å². The predicted octanol–water partition coefficient (Wildman–Crippen LogP) is 2.19. The second-order valence-electron chi connectivity index (χ2n) is 4.23. The molecule has 2 N–H and O–H groups in total. The molecule has 0 amide bonds. The SMILES string of the molecule is CC(CNCc1ccc(O)c(Br)c1)N(C)C. The van der Waals surface area contributed by atoms with Crippen molar-refractivity contribution in [3.63, 3.8) is 0 Å². The Bertz CT molecular complexity index is 342. The van der Waals surface area contributed by atoms with E-state index in [1.807, 2.05) is 12.1 Å². The summed E-state index contributed by atoms with van der Waals surface area (Å²) in [5, 5.41) is 12.7. The molecule has 90 valence electrons. The standard InChI is InChI=1S/C12H19BrN2O/c1-9(15(2)3)7-14-8-10-4-5-12(16)11(13)6-10/h4-6,9,14,16H,7-8H2,1-3H3. The fourth-order valence-electron chi connectivity index (χ4n) is 1.27. The van der Waals surface area contributed by atoms with Crippen LogP contribution in [0.25, 0.3) is 0 Å². The van der Waals surface area contributed by atoms with E-state index < -0.39 is 0 Å². The topological polar surface area (TPSA) is 35.5 Å². The van der Waals surface area contributed by atoms with Crippen LogP contribution in [0, 0.1) is 0 Å². The number of aromatic hydroxyl groups is 1. The van der Waals surface area contributed by atoms with E-state index in [-0.39, 0.29) is 5.75 Å². The summed E-state index contributed by atoms with van der Waals surface area (Å²) in [6.45, 7) is 3.95. The van der Waals surface area contributed by atoms with E-state index in [2.05, 4.69) is 47.2 Å². The number of hydrogen-bond acceptors (Lipinski definition) is 3.